The minimum absolute atomic E-state index is 0.0335. The van der Waals surface area contributed by atoms with Crippen molar-refractivity contribution in [1.29, 1.82) is 0 Å². The number of hydrogen-bond donors (Lipinski definition) is 1. The maximum atomic E-state index is 13.4. The molecule has 0 saturated carbocycles. The Morgan fingerprint density at radius 2 is 1.82 bits per heavy atom. The summed E-state index contributed by atoms with van der Waals surface area (Å²) in [5.74, 6) is 0.135. The van der Waals surface area contributed by atoms with Gasteiger partial charge >= 0.3 is 0 Å². The second kappa shape index (κ2) is 9.24. The van der Waals surface area contributed by atoms with Crippen LogP contribution in [0.2, 0.25) is 0 Å². The van der Waals surface area contributed by atoms with Gasteiger partial charge in [-0.15, -0.1) is 0 Å². The highest BCUT2D eigenvalue weighted by molar-refractivity contribution is 7.99. The molecule has 33 heavy (non-hydrogen) atoms. The Hall–Kier alpha value is -3.38. The van der Waals surface area contributed by atoms with Crippen LogP contribution in [0.25, 0.3) is 16.6 Å². The molecule has 1 N–H and O–H groups in total. The first kappa shape index (κ1) is 21.5. The molecular formula is C27H25N3O2S. The van der Waals surface area contributed by atoms with Crippen molar-refractivity contribution in [2.24, 2.45) is 0 Å². The van der Waals surface area contributed by atoms with Crippen molar-refractivity contribution in [2.75, 3.05) is 5.75 Å². The van der Waals surface area contributed by atoms with Crippen molar-refractivity contribution in [2.45, 2.75) is 37.4 Å². The van der Waals surface area contributed by atoms with Crippen molar-refractivity contribution in [3.8, 4) is 5.69 Å². The number of hydrogen-bond acceptors (Lipinski definition) is 4. The van der Waals surface area contributed by atoms with E-state index >= 15 is 0 Å². The molecule has 3 aromatic carbocycles. The van der Waals surface area contributed by atoms with Gasteiger partial charge in [-0.3, -0.25) is 14.2 Å². The number of carbonyl (C=O) groups excluding carboxylic acids is 1. The van der Waals surface area contributed by atoms with E-state index in [0.29, 0.717) is 16.1 Å². The fourth-order valence-electron chi connectivity index (χ4n) is 4.51. The second-order valence-corrected chi connectivity index (χ2v) is 9.28. The normalized spacial score (nSPS) is 15.2. The van der Waals surface area contributed by atoms with Gasteiger partial charge in [-0.2, -0.15) is 0 Å². The Bertz CT molecular complexity index is 1400. The zero-order valence-electron chi connectivity index (χ0n) is 18.5. The quantitative estimate of drug-likeness (QED) is 0.341. The number of fused-ring (bicyclic) bond motifs is 2. The summed E-state index contributed by atoms with van der Waals surface area (Å²) in [5.41, 5.74) is 4.79. The van der Waals surface area contributed by atoms with E-state index in [1.807, 2.05) is 55.5 Å². The third kappa shape index (κ3) is 4.31. The van der Waals surface area contributed by atoms with E-state index in [0.717, 1.165) is 30.5 Å². The molecule has 0 spiro atoms. The van der Waals surface area contributed by atoms with Crippen molar-refractivity contribution in [3.05, 3.63) is 99.8 Å². The molecule has 1 aliphatic carbocycles. The van der Waals surface area contributed by atoms with Crippen molar-refractivity contribution < 1.29 is 4.79 Å². The number of aryl methyl sites for hydroxylation is 2. The molecule has 0 fully saturated rings. The van der Waals surface area contributed by atoms with Gasteiger partial charge in [-0.05, 0) is 61.1 Å². The smallest absolute Gasteiger partial charge is 0.266 e. The van der Waals surface area contributed by atoms with Crippen LogP contribution in [0.4, 0.5) is 0 Å². The summed E-state index contributed by atoms with van der Waals surface area (Å²) in [7, 11) is 0. The molecule has 0 radical (unpaired) electrons. The first-order valence-electron chi connectivity index (χ1n) is 11.2. The largest absolute Gasteiger partial charge is 0.349 e. The van der Waals surface area contributed by atoms with Crippen molar-refractivity contribution in [3.63, 3.8) is 0 Å². The molecular weight excluding hydrogens is 430 g/mol. The van der Waals surface area contributed by atoms with E-state index in [4.69, 9.17) is 4.98 Å². The second-order valence-electron chi connectivity index (χ2n) is 8.34. The summed E-state index contributed by atoms with van der Waals surface area (Å²) in [5, 5.41) is 4.28. The number of nitrogens with zero attached hydrogens (tertiary/aromatic N) is 2. The van der Waals surface area contributed by atoms with Gasteiger partial charge in [0.25, 0.3) is 5.56 Å². The van der Waals surface area contributed by atoms with Gasteiger partial charge in [-0.1, -0.05) is 66.4 Å². The number of amides is 1. The summed E-state index contributed by atoms with van der Waals surface area (Å²) in [6.45, 7) is 1.97. The van der Waals surface area contributed by atoms with E-state index in [1.54, 1.807) is 10.6 Å². The van der Waals surface area contributed by atoms with Crippen LogP contribution in [0.5, 0.6) is 0 Å². The Balaban J connectivity index is 1.43. The van der Waals surface area contributed by atoms with Crippen LogP contribution in [0.3, 0.4) is 0 Å². The van der Waals surface area contributed by atoms with Gasteiger partial charge in [-0.25, -0.2) is 4.98 Å². The minimum atomic E-state index is -0.126. The molecule has 4 aromatic rings. The van der Waals surface area contributed by atoms with E-state index in [9.17, 15) is 9.59 Å². The van der Waals surface area contributed by atoms with Gasteiger partial charge in [0.2, 0.25) is 5.91 Å². The van der Waals surface area contributed by atoms with Crippen LogP contribution in [0.1, 0.15) is 35.6 Å². The first-order chi connectivity index (χ1) is 16.1. The van der Waals surface area contributed by atoms with E-state index < -0.39 is 0 Å². The highest BCUT2D eigenvalue weighted by Gasteiger charge is 2.22. The Kier molecular flexibility index (Phi) is 6.01. The summed E-state index contributed by atoms with van der Waals surface area (Å²) >= 11 is 1.30. The zero-order valence-corrected chi connectivity index (χ0v) is 19.3. The number of carbonyl (C=O) groups is 1. The third-order valence-electron chi connectivity index (χ3n) is 6.14. The van der Waals surface area contributed by atoms with Crippen LogP contribution < -0.4 is 10.9 Å². The summed E-state index contributed by atoms with van der Waals surface area (Å²) in [6, 6.07) is 23.4. The lowest BCUT2D eigenvalue weighted by Gasteiger charge is -2.26. The maximum absolute atomic E-state index is 13.4. The molecule has 1 atom stereocenters. The lowest BCUT2D eigenvalue weighted by atomic mass is 9.88. The minimum Gasteiger partial charge on any atom is -0.349 e. The summed E-state index contributed by atoms with van der Waals surface area (Å²) < 4.78 is 1.63. The molecule has 1 unspecified atom stereocenters. The predicted molar refractivity (Wildman–Crippen MR) is 133 cm³/mol. The standard InChI is InChI=1S/C27H25N3O2S/c1-18-9-2-7-16-24(18)30-26(32)21-13-5-6-14-23(21)29-27(30)33-17-25(31)28-22-15-8-11-19-10-3-4-12-20(19)22/h2-7,9-10,12-14,16,22H,8,11,15,17H2,1H3,(H,28,31). The maximum Gasteiger partial charge on any atom is 0.266 e. The molecule has 166 valence electrons. The molecule has 5 nitrogen and oxygen atoms in total. The fraction of sp³-hybridized carbons (Fsp3) is 0.222. The number of thioether (sulfide) groups is 1. The van der Waals surface area contributed by atoms with Crippen LogP contribution in [0, 0.1) is 6.92 Å². The average Bonchev–Trinajstić information content (AvgIpc) is 2.84. The number of aromatic nitrogens is 2. The van der Waals surface area contributed by atoms with Gasteiger partial charge in [0.1, 0.15) is 0 Å². The SMILES string of the molecule is Cc1ccccc1-n1c(SCC(=O)NC2CCCc3ccccc32)nc2ccccc2c1=O. The highest BCUT2D eigenvalue weighted by atomic mass is 32.2. The van der Waals surface area contributed by atoms with E-state index in [-0.39, 0.29) is 23.3 Å². The third-order valence-corrected chi connectivity index (χ3v) is 7.08. The van der Waals surface area contributed by atoms with E-state index in [1.165, 1.54) is 22.9 Å². The number of para-hydroxylation sites is 2. The molecule has 0 saturated heterocycles. The first-order valence-corrected chi connectivity index (χ1v) is 12.2. The van der Waals surface area contributed by atoms with Gasteiger partial charge in [0.05, 0.1) is 28.4 Å². The van der Waals surface area contributed by atoms with Gasteiger partial charge in [0, 0.05) is 0 Å². The zero-order chi connectivity index (χ0) is 22.8. The molecule has 0 bridgehead atoms. The molecule has 1 aliphatic rings. The monoisotopic (exact) mass is 455 g/mol. The lowest BCUT2D eigenvalue weighted by Crippen LogP contribution is -2.32. The molecule has 1 heterocycles. The van der Waals surface area contributed by atoms with E-state index in [2.05, 4.69) is 23.5 Å². The topological polar surface area (TPSA) is 64.0 Å². The Morgan fingerprint density at radius 1 is 1.06 bits per heavy atom. The Morgan fingerprint density at radius 3 is 2.70 bits per heavy atom. The number of nitrogens with one attached hydrogen (secondary N) is 1. The molecule has 1 aromatic heterocycles. The van der Waals surface area contributed by atoms with Gasteiger partial charge in [0.15, 0.2) is 5.16 Å². The summed E-state index contributed by atoms with van der Waals surface area (Å²) in [6.07, 6.45) is 3.06. The van der Waals surface area contributed by atoms with Crippen LogP contribution in [-0.4, -0.2) is 21.2 Å². The van der Waals surface area contributed by atoms with Crippen molar-refractivity contribution >= 4 is 28.6 Å². The van der Waals surface area contributed by atoms with Gasteiger partial charge < -0.3 is 5.32 Å². The molecule has 0 aliphatic heterocycles. The average molecular weight is 456 g/mol. The fourth-order valence-corrected chi connectivity index (χ4v) is 5.32. The van der Waals surface area contributed by atoms with Crippen LogP contribution >= 0.6 is 11.8 Å². The highest BCUT2D eigenvalue weighted by Crippen LogP contribution is 2.30. The molecule has 5 rings (SSSR count). The molecule has 1 amide bonds. The van der Waals surface area contributed by atoms with Crippen LogP contribution in [0.15, 0.2) is 82.7 Å². The van der Waals surface area contributed by atoms with Crippen molar-refractivity contribution in [1.82, 2.24) is 14.9 Å². The predicted octanol–water partition coefficient (Wildman–Crippen LogP) is 4.98. The number of benzene rings is 3. The molecule has 6 heteroatoms. The summed E-state index contributed by atoms with van der Waals surface area (Å²) in [4.78, 5) is 31.1. The Labute approximate surface area is 196 Å². The lowest BCUT2D eigenvalue weighted by molar-refractivity contribution is -0.119. The van der Waals surface area contributed by atoms with Crippen LogP contribution in [-0.2, 0) is 11.2 Å². The number of rotatable bonds is 5.